The maximum atomic E-state index is 11.7. The lowest BCUT2D eigenvalue weighted by Crippen LogP contribution is -2.43. The molecule has 0 radical (unpaired) electrons. The van der Waals surface area contributed by atoms with Gasteiger partial charge in [-0.2, -0.15) is 0 Å². The van der Waals surface area contributed by atoms with Gasteiger partial charge >= 0.3 is 12.1 Å². The minimum absolute atomic E-state index is 0.191. The van der Waals surface area contributed by atoms with Crippen LogP contribution in [0.2, 0.25) is 0 Å². The van der Waals surface area contributed by atoms with E-state index in [1.807, 2.05) is 12.1 Å². The lowest BCUT2D eigenvalue weighted by Gasteiger charge is -2.22. The zero-order valence-electron chi connectivity index (χ0n) is 13.4. The third kappa shape index (κ3) is 5.05. The Kier molecular flexibility index (Phi) is 4.98. The molecule has 0 unspecified atom stereocenters. The maximum absolute atomic E-state index is 11.7. The number of carboxylic acid groups (broad SMARTS) is 1. The van der Waals surface area contributed by atoms with Gasteiger partial charge in [0.2, 0.25) is 6.79 Å². The summed E-state index contributed by atoms with van der Waals surface area (Å²) >= 11 is 0. The van der Waals surface area contributed by atoms with Crippen molar-refractivity contribution in [1.29, 1.82) is 0 Å². The molecule has 0 saturated heterocycles. The van der Waals surface area contributed by atoms with Crippen molar-refractivity contribution in [1.82, 2.24) is 5.32 Å². The number of ether oxygens (including phenoxy) is 3. The van der Waals surface area contributed by atoms with E-state index < -0.39 is 23.7 Å². The third-order valence-electron chi connectivity index (χ3n) is 3.15. The van der Waals surface area contributed by atoms with Crippen LogP contribution in [0.3, 0.4) is 0 Å². The highest BCUT2D eigenvalue weighted by molar-refractivity contribution is 5.80. The minimum atomic E-state index is -1.10. The molecular weight excluding hydrogens is 302 g/mol. The molecule has 0 fully saturated rings. The topological polar surface area (TPSA) is 94.1 Å². The van der Waals surface area contributed by atoms with Gasteiger partial charge in [-0.15, -0.1) is 0 Å². The lowest BCUT2D eigenvalue weighted by atomic mass is 10.0. The Morgan fingerprint density at radius 1 is 1.30 bits per heavy atom. The normalized spacial score (nSPS) is 14.2. The van der Waals surface area contributed by atoms with E-state index in [2.05, 4.69) is 5.32 Å². The largest absolute Gasteiger partial charge is 0.480 e. The van der Waals surface area contributed by atoms with Gasteiger partial charge in [-0.05, 0) is 51.3 Å². The Morgan fingerprint density at radius 2 is 2.00 bits per heavy atom. The molecule has 1 aliphatic rings. The lowest BCUT2D eigenvalue weighted by molar-refractivity contribution is -0.139. The predicted molar refractivity (Wildman–Crippen MR) is 81.7 cm³/mol. The zero-order chi connectivity index (χ0) is 17.0. The summed E-state index contributed by atoms with van der Waals surface area (Å²) in [5.74, 6) is 0.224. The molecule has 2 rings (SSSR count). The van der Waals surface area contributed by atoms with Crippen LogP contribution in [0, 0.1) is 0 Å². The molecule has 0 bridgehead atoms. The number of amides is 1. The number of aryl methyl sites for hydroxylation is 1. The van der Waals surface area contributed by atoms with E-state index in [0.717, 1.165) is 5.56 Å². The van der Waals surface area contributed by atoms with Gasteiger partial charge in [-0.1, -0.05) is 6.07 Å². The van der Waals surface area contributed by atoms with Crippen LogP contribution in [0.15, 0.2) is 18.2 Å². The molecular formula is C16H21NO6. The number of carbonyl (C=O) groups excluding carboxylic acids is 1. The molecule has 0 aromatic heterocycles. The summed E-state index contributed by atoms with van der Waals surface area (Å²) in [5, 5.41) is 11.6. The SMILES string of the molecule is CC(C)(C)OC(=O)N[C@H](CCc1ccc2c(c1)OCO2)C(=O)O. The van der Waals surface area contributed by atoms with Crippen molar-refractivity contribution in [2.24, 2.45) is 0 Å². The number of fused-ring (bicyclic) bond motifs is 1. The van der Waals surface area contributed by atoms with Gasteiger partial charge in [0, 0.05) is 0 Å². The Bertz CT molecular complexity index is 593. The molecule has 0 aliphatic carbocycles. The smallest absolute Gasteiger partial charge is 0.408 e. The van der Waals surface area contributed by atoms with E-state index in [-0.39, 0.29) is 13.2 Å². The van der Waals surface area contributed by atoms with Crippen LogP contribution in [0.1, 0.15) is 32.8 Å². The molecule has 0 saturated carbocycles. The fourth-order valence-corrected chi connectivity index (χ4v) is 2.11. The van der Waals surface area contributed by atoms with Gasteiger partial charge in [-0.3, -0.25) is 0 Å². The van der Waals surface area contributed by atoms with Crippen molar-refractivity contribution in [2.75, 3.05) is 6.79 Å². The number of nitrogens with one attached hydrogen (secondary N) is 1. The van der Waals surface area contributed by atoms with E-state index in [1.165, 1.54) is 0 Å². The molecule has 1 aromatic carbocycles. The molecule has 1 atom stereocenters. The van der Waals surface area contributed by atoms with E-state index in [1.54, 1.807) is 26.8 Å². The second kappa shape index (κ2) is 6.76. The fraction of sp³-hybridized carbons (Fsp3) is 0.500. The number of hydrogen-bond donors (Lipinski definition) is 2. The number of benzene rings is 1. The summed E-state index contributed by atoms with van der Waals surface area (Å²) in [6.45, 7) is 5.34. The second-order valence-electron chi connectivity index (χ2n) is 6.26. The average molecular weight is 323 g/mol. The Hall–Kier alpha value is -2.44. The van der Waals surface area contributed by atoms with E-state index >= 15 is 0 Å². The van der Waals surface area contributed by atoms with E-state index in [9.17, 15) is 14.7 Å². The number of carbonyl (C=O) groups is 2. The molecule has 23 heavy (non-hydrogen) atoms. The van der Waals surface area contributed by atoms with Gasteiger partial charge in [0.15, 0.2) is 11.5 Å². The Labute approximate surface area is 134 Å². The molecule has 126 valence electrons. The number of rotatable bonds is 5. The van der Waals surface area contributed by atoms with Crippen molar-refractivity contribution >= 4 is 12.1 Å². The van der Waals surface area contributed by atoms with Crippen LogP contribution in [0.25, 0.3) is 0 Å². The highest BCUT2D eigenvalue weighted by Gasteiger charge is 2.24. The first-order valence-electron chi connectivity index (χ1n) is 7.35. The first-order valence-corrected chi connectivity index (χ1v) is 7.35. The summed E-state index contributed by atoms with van der Waals surface area (Å²) in [4.78, 5) is 23.0. The van der Waals surface area contributed by atoms with Crippen molar-refractivity contribution in [3.63, 3.8) is 0 Å². The summed E-state index contributed by atoms with van der Waals surface area (Å²) in [6, 6.07) is 4.43. The first kappa shape index (κ1) is 16.9. The number of hydrogen-bond acceptors (Lipinski definition) is 5. The summed E-state index contributed by atoms with van der Waals surface area (Å²) in [5.41, 5.74) is 0.233. The second-order valence-corrected chi connectivity index (χ2v) is 6.26. The van der Waals surface area contributed by atoms with E-state index in [0.29, 0.717) is 17.9 Å². The van der Waals surface area contributed by atoms with Gasteiger partial charge < -0.3 is 24.6 Å². The van der Waals surface area contributed by atoms with Crippen molar-refractivity contribution in [3.8, 4) is 11.5 Å². The number of aliphatic carboxylic acids is 1. The Morgan fingerprint density at radius 3 is 2.65 bits per heavy atom. The first-order chi connectivity index (χ1) is 10.7. The van der Waals surface area contributed by atoms with Gasteiger partial charge in [0.05, 0.1) is 0 Å². The van der Waals surface area contributed by atoms with Gasteiger partial charge in [0.25, 0.3) is 0 Å². The van der Waals surface area contributed by atoms with Crippen LogP contribution in [-0.2, 0) is 16.0 Å². The number of carboxylic acids is 1. The number of alkyl carbamates (subject to hydrolysis) is 1. The maximum Gasteiger partial charge on any atom is 0.408 e. The molecule has 0 spiro atoms. The van der Waals surface area contributed by atoms with Gasteiger partial charge in [-0.25, -0.2) is 9.59 Å². The van der Waals surface area contributed by atoms with Crippen LogP contribution in [0.4, 0.5) is 4.79 Å². The molecule has 1 amide bonds. The highest BCUT2D eigenvalue weighted by Crippen LogP contribution is 2.32. The standard InChI is InChI=1S/C16H21NO6/c1-16(2,3)23-15(20)17-11(14(18)19)6-4-10-5-7-12-13(8-10)22-9-21-12/h5,7-8,11H,4,6,9H2,1-3H3,(H,17,20)(H,18,19)/t11-/m1/s1. The summed E-state index contributed by atoms with van der Waals surface area (Å²) < 4.78 is 15.6. The summed E-state index contributed by atoms with van der Waals surface area (Å²) in [7, 11) is 0. The highest BCUT2D eigenvalue weighted by atomic mass is 16.7. The van der Waals surface area contributed by atoms with E-state index in [4.69, 9.17) is 14.2 Å². The predicted octanol–water partition coefficient (Wildman–Crippen LogP) is 2.33. The molecule has 1 aromatic rings. The fourth-order valence-electron chi connectivity index (χ4n) is 2.11. The van der Waals surface area contributed by atoms with Crippen LogP contribution >= 0.6 is 0 Å². The summed E-state index contributed by atoms with van der Waals surface area (Å²) in [6.07, 6.45) is -0.0203. The molecule has 1 aliphatic heterocycles. The Balaban J connectivity index is 1.92. The average Bonchev–Trinajstić information content (AvgIpc) is 2.88. The van der Waals surface area contributed by atoms with Crippen molar-refractivity contribution in [2.45, 2.75) is 45.3 Å². The van der Waals surface area contributed by atoms with Crippen LogP contribution < -0.4 is 14.8 Å². The molecule has 7 heteroatoms. The quantitative estimate of drug-likeness (QED) is 0.863. The minimum Gasteiger partial charge on any atom is -0.480 e. The van der Waals surface area contributed by atoms with Crippen molar-refractivity contribution in [3.05, 3.63) is 23.8 Å². The molecule has 1 heterocycles. The van der Waals surface area contributed by atoms with Crippen molar-refractivity contribution < 1.29 is 28.9 Å². The van der Waals surface area contributed by atoms with Crippen LogP contribution in [0.5, 0.6) is 11.5 Å². The third-order valence-corrected chi connectivity index (χ3v) is 3.15. The monoisotopic (exact) mass is 323 g/mol. The zero-order valence-corrected chi connectivity index (χ0v) is 13.4. The molecule has 2 N–H and O–H groups in total. The van der Waals surface area contributed by atoms with Gasteiger partial charge in [0.1, 0.15) is 11.6 Å². The van der Waals surface area contributed by atoms with Crippen LogP contribution in [-0.4, -0.2) is 35.6 Å². The molecule has 7 nitrogen and oxygen atoms in total.